The maximum Gasteiger partial charge on any atom is 0.355 e. The summed E-state index contributed by atoms with van der Waals surface area (Å²) in [6.07, 6.45) is 1.93. The zero-order valence-corrected chi connectivity index (χ0v) is 11.7. The number of aliphatic carboxylic acids is 1. The molecule has 1 aliphatic rings. The van der Waals surface area contributed by atoms with Crippen LogP contribution < -0.4 is 21.9 Å². The Bertz CT molecular complexity index is 559. The fourth-order valence-electron chi connectivity index (χ4n) is 2.38. The second kappa shape index (κ2) is 6.02. The van der Waals surface area contributed by atoms with Gasteiger partial charge in [0.15, 0.2) is 5.70 Å². The summed E-state index contributed by atoms with van der Waals surface area (Å²) in [6, 6.07) is 5.68. The number of hydrogen-bond donors (Lipinski definition) is 4. The molecular formula is C13H17ClN4O2. The molecule has 0 spiro atoms. The SMILES string of the molecule is NN/C(C(=O)O)=C(\N)CN1CCCc2cc(Cl)ccc21. The number of hydrogen-bond acceptors (Lipinski definition) is 5. The Balaban J connectivity index is 2.26. The predicted molar refractivity (Wildman–Crippen MR) is 78.2 cm³/mol. The zero-order valence-electron chi connectivity index (χ0n) is 10.9. The summed E-state index contributed by atoms with van der Waals surface area (Å²) in [5.74, 6) is 4.02. The molecule has 108 valence electrons. The van der Waals surface area contributed by atoms with E-state index in [-0.39, 0.29) is 11.4 Å². The lowest BCUT2D eigenvalue weighted by atomic mass is 10.0. The van der Waals surface area contributed by atoms with E-state index >= 15 is 0 Å². The van der Waals surface area contributed by atoms with Gasteiger partial charge in [-0.05, 0) is 36.6 Å². The van der Waals surface area contributed by atoms with Crippen molar-refractivity contribution in [3.05, 3.63) is 40.2 Å². The molecule has 7 heteroatoms. The zero-order chi connectivity index (χ0) is 14.7. The molecule has 1 heterocycles. The normalized spacial score (nSPS) is 15.4. The third-order valence-corrected chi connectivity index (χ3v) is 3.53. The van der Waals surface area contributed by atoms with Crippen LogP contribution in [0.5, 0.6) is 0 Å². The minimum Gasteiger partial charge on any atom is -0.476 e. The van der Waals surface area contributed by atoms with Crippen molar-refractivity contribution in [2.45, 2.75) is 12.8 Å². The lowest BCUT2D eigenvalue weighted by molar-refractivity contribution is -0.133. The van der Waals surface area contributed by atoms with Crippen LogP contribution in [0.25, 0.3) is 0 Å². The van der Waals surface area contributed by atoms with Crippen LogP contribution in [0.1, 0.15) is 12.0 Å². The van der Waals surface area contributed by atoms with Gasteiger partial charge >= 0.3 is 5.97 Å². The summed E-state index contributed by atoms with van der Waals surface area (Å²) in [7, 11) is 0. The highest BCUT2D eigenvalue weighted by molar-refractivity contribution is 6.30. The molecule has 0 saturated carbocycles. The largest absolute Gasteiger partial charge is 0.476 e. The first-order valence-corrected chi connectivity index (χ1v) is 6.62. The summed E-state index contributed by atoms with van der Waals surface area (Å²) in [4.78, 5) is 13.0. The Labute approximate surface area is 122 Å². The first kappa shape index (κ1) is 14.5. The van der Waals surface area contributed by atoms with E-state index in [0.717, 1.165) is 30.6 Å². The van der Waals surface area contributed by atoms with Crippen LogP contribution in [0.4, 0.5) is 5.69 Å². The summed E-state index contributed by atoms with van der Waals surface area (Å²) in [6.45, 7) is 1.12. The Kier molecular flexibility index (Phi) is 4.36. The second-order valence-electron chi connectivity index (χ2n) is 4.65. The van der Waals surface area contributed by atoms with Crippen molar-refractivity contribution in [3.63, 3.8) is 0 Å². The summed E-state index contributed by atoms with van der Waals surface area (Å²) in [5, 5.41) is 9.69. The van der Waals surface area contributed by atoms with Crippen molar-refractivity contribution in [2.24, 2.45) is 11.6 Å². The van der Waals surface area contributed by atoms with Crippen LogP contribution in [-0.2, 0) is 11.2 Å². The van der Waals surface area contributed by atoms with Crippen molar-refractivity contribution in [2.75, 3.05) is 18.0 Å². The van der Waals surface area contributed by atoms with E-state index in [2.05, 4.69) is 5.43 Å². The van der Waals surface area contributed by atoms with Crippen LogP contribution in [0.3, 0.4) is 0 Å². The van der Waals surface area contributed by atoms with E-state index in [0.29, 0.717) is 11.6 Å². The number of carboxylic acids is 1. The van der Waals surface area contributed by atoms with Gasteiger partial charge in [-0.3, -0.25) is 5.84 Å². The second-order valence-corrected chi connectivity index (χ2v) is 5.08. The monoisotopic (exact) mass is 296 g/mol. The van der Waals surface area contributed by atoms with E-state index in [9.17, 15) is 4.79 Å². The number of rotatable bonds is 4. The number of anilines is 1. The van der Waals surface area contributed by atoms with Crippen molar-refractivity contribution in [1.82, 2.24) is 5.43 Å². The van der Waals surface area contributed by atoms with Gasteiger partial charge in [0.1, 0.15) is 0 Å². The van der Waals surface area contributed by atoms with Crippen LogP contribution >= 0.6 is 11.6 Å². The van der Waals surface area contributed by atoms with Crippen LogP contribution in [0.15, 0.2) is 29.6 Å². The van der Waals surface area contributed by atoms with Gasteiger partial charge in [-0.1, -0.05) is 11.6 Å². The predicted octanol–water partition coefficient (Wildman–Crippen LogP) is 0.811. The molecule has 0 radical (unpaired) electrons. The molecule has 0 unspecified atom stereocenters. The van der Waals surface area contributed by atoms with Crippen LogP contribution in [-0.4, -0.2) is 24.2 Å². The number of nitrogens with two attached hydrogens (primary N) is 2. The number of nitrogens with one attached hydrogen (secondary N) is 1. The van der Waals surface area contributed by atoms with Crippen LogP contribution in [0.2, 0.25) is 5.02 Å². The molecule has 0 fully saturated rings. The van der Waals surface area contributed by atoms with Gasteiger partial charge in [0, 0.05) is 17.3 Å². The fourth-order valence-corrected chi connectivity index (χ4v) is 2.58. The molecule has 0 atom stereocenters. The highest BCUT2D eigenvalue weighted by atomic mass is 35.5. The molecule has 6 N–H and O–H groups in total. The van der Waals surface area contributed by atoms with Gasteiger partial charge in [-0.25, -0.2) is 4.79 Å². The molecule has 1 aromatic rings. The van der Waals surface area contributed by atoms with Crippen molar-refractivity contribution < 1.29 is 9.90 Å². The minimum absolute atomic E-state index is 0.175. The average molecular weight is 297 g/mol. The molecule has 0 aliphatic carbocycles. The van der Waals surface area contributed by atoms with E-state index in [4.69, 9.17) is 28.3 Å². The van der Waals surface area contributed by atoms with Crippen molar-refractivity contribution >= 4 is 23.3 Å². The molecule has 0 saturated heterocycles. The van der Waals surface area contributed by atoms with Gasteiger partial charge in [0.2, 0.25) is 0 Å². The molecule has 0 amide bonds. The quantitative estimate of drug-likeness (QED) is 0.372. The molecule has 0 aromatic heterocycles. The molecule has 1 aromatic carbocycles. The van der Waals surface area contributed by atoms with E-state index in [1.807, 2.05) is 23.1 Å². The van der Waals surface area contributed by atoms with Crippen molar-refractivity contribution in [3.8, 4) is 0 Å². The van der Waals surface area contributed by atoms with Gasteiger partial charge in [0.25, 0.3) is 0 Å². The first-order valence-electron chi connectivity index (χ1n) is 6.25. The lowest BCUT2D eigenvalue weighted by Crippen LogP contribution is -2.37. The molecule has 2 rings (SSSR count). The number of aryl methyl sites for hydroxylation is 1. The smallest absolute Gasteiger partial charge is 0.355 e. The third kappa shape index (κ3) is 2.97. The van der Waals surface area contributed by atoms with Gasteiger partial charge in [0.05, 0.1) is 12.2 Å². The topological polar surface area (TPSA) is 105 Å². The third-order valence-electron chi connectivity index (χ3n) is 3.30. The Morgan fingerprint density at radius 2 is 2.25 bits per heavy atom. The van der Waals surface area contributed by atoms with Gasteiger partial charge in [-0.2, -0.15) is 0 Å². The Morgan fingerprint density at radius 1 is 1.50 bits per heavy atom. The summed E-state index contributed by atoms with van der Waals surface area (Å²) < 4.78 is 0. The Hall–Kier alpha value is -1.92. The van der Waals surface area contributed by atoms with Crippen LogP contribution in [0, 0.1) is 0 Å². The molecular weight excluding hydrogens is 280 g/mol. The van der Waals surface area contributed by atoms with E-state index < -0.39 is 5.97 Å². The minimum atomic E-state index is -1.17. The molecule has 20 heavy (non-hydrogen) atoms. The molecule has 1 aliphatic heterocycles. The molecule has 6 nitrogen and oxygen atoms in total. The summed E-state index contributed by atoms with van der Waals surface area (Å²) in [5.41, 5.74) is 10.2. The highest BCUT2D eigenvalue weighted by Gasteiger charge is 2.19. The van der Waals surface area contributed by atoms with Gasteiger partial charge in [-0.15, -0.1) is 0 Å². The number of benzene rings is 1. The first-order chi connectivity index (χ1) is 9.52. The maximum absolute atomic E-state index is 11.0. The number of hydrazine groups is 1. The summed E-state index contributed by atoms with van der Waals surface area (Å²) >= 11 is 5.99. The molecule has 0 bridgehead atoms. The number of carbonyl (C=O) groups is 1. The highest BCUT2D eigenvalue weighted by Crippen LogP contribution is 2.29. The Morgan fingerprint density at radius 3 is 2.90 bits per heavy atom. The average Bonchev–Trinajstić information content (AvgIpc) is 2.38. The maximum atomic E-state index is 11.0. The number of halogens is 1. The fraction of sp³-hybridized carbons (Fsp3) is 0.308. The number of fused-ring (bicyclic) bond motifs is 1. The van der Waals surface area contributed by atoms with Crippen molar-refractivity contribution in [1.29, 1.82) is 0 Å². The number of nitrogens with zero attached hydrogens (tertiary/aromatic N) is 1. The van der Waals surface area contributed by atoms with Gasteiger partial charge < -0.3 is 21.2 Å². The van der Waals surface area contributed by atoms with E-state index in [1.165, 1.54) is 0 Å². The lowest BCUT2D eigenvalue weighted by Gasteiger charge is -2.31. The standard InChI is InChI=1S/C13H17ClN4O2/c14-9-3-4-11-8(6-9)2-1-5-18(11)7-10(15)12(17-16)13(19)20/h3-4,6,17H,1-2,5,7,15-16H2,(H,19,20)/b12-10-. The number of carboxylic acid groups (broad SMARTS) is 1. The van der Waals surface area contributed by atoms with E-state index in [1.54, 1.807) is 0 Å².